The van der Waals surface area contributed by atoms with Gasteiger partial charge in [-0.15, -0.1) is 0 Å². The normalized spacial score (nSPS) is 14.6. The van der Waals surface area contributed by atoms with Crippen LogP contribution in [0.3, 0.4) is 0 Å². The lowest BCUT2D eigenvalue weighted by atomic mass is 10.0. The maximum atomic E-state index is 13.0. The lowest BCUT2D eigenvalue weighted by Gasteiger charge is -2.25. The summed E-state index contributed by atoms with van der Waals surface area (Å²) in [6, 6.07) is -0.893. The third-order valence-corrected chi connectivity index (χ3v) is 13.9. The molecule has 0 saturated heterocycles. The molecule has 0 heterocycles. The van der Waals surface area contributed by atoms with Crippen LogP contribution in [0.15, 0.2) is 109 Å². The van der Waals surface area contributed by atoms with Crippen LogP contribution in [0.1, 0.15) is 245 Å². The van der Waals surface area contributed by atoms with Crippen molar-refractivity contribution in [3.63, 3.8) is 0 Å². The highest BCUT2D eigenvalue weighted by Crippen LogP contribution is 2.43. The second-order valence-electron chi connectivity index (χ2n) is 21.3. The minimum atomic E-state index is -4.38. The number of phosphoric ester groups is 1. The highest BCUT2D eigenvalue weighted by molar-refractivity contribution is 7.47. The van der Waals surface area contributed by atoms with Gasteiger partial charge in [0.1, 0.15) is 13.2 Å². The Bertz CT molecular complexity index is 1570. The van der Waals surface area contributed by atoms with Gasteiger partial charge in [0.2, 0.25) is 5.91 Å². The van der Waals surface area contributed by atoms with Crippen LogP contribution in [0.25, 0.3) is 0 Å². The number of amides is 1. The number of phosphoric acid groups is 1. The van der Waals surface area contributed by atoms with Gasteiger partial charge in [-0.25, -0.2) is 4.57 Å². The molecular formula is C65H116N2O6P+. The minimum absolute atomic E-state index is 0.0420. The molecule has 0 fully saturated rings. The molecule has 0 bridgehead atoms. The first-order valence-electron chi connectivity index (χ1n) is 30.3. The number of hydrogen-bond donors (Lipinski definition) is 3. The molecule has 3 N–H and O–H groups in total. The average molecular weight is 1050 g/mol. The Morgan fingerprint density at radius 1 is 0.473 bits per heavy atom. The molecule has 0 radical (unpaired) electrons. The summed E-state index contributed by atoms with van der Waals surface area (Å²) in [5, 5.41) is 13.9. The van der Waals surface area contributed by atoms with Crippen LogP contribution in [0, 0.1) is 0 Å². The molecule has 0 spiro atoms. The van der Waals surface area contributed by atoms with Crippen molar-refractivity contribution in [2.45, 2.75) is 257 Å². The average Bonchev–Trinajstić information content (AvgIpc) is 3.36. The summed E-state index contributed by atoms with van der Waals surface area (Å²) in [5.41, 5.74) is 0. The molecule has 1 amide bonds. The number of hydrogen-bond acceptors (Lipinski definition) is 5. The molecule has 74 heavy (non-hydrogen) atoms. The fraction of sp³-hybridized carbons (Fsp3) is 0.708. The van der Waals surface area contributed by atoms with E-state index >= 15 is 0 Å². The van der Waals surface area contributed by atoms with Crippen LogP contribution in [0.5, 0.6) is 0 Å². The molecule has 426 valence electrons. The summed E-state index contributed by atoms with van der Waals surface area (Å²) in [6.45, 7) is 4.66. The molecule has 0 aliphatic carbocycles. The Morgan fingerprint density at radius 2 is 0.824 bits per heavy atom. The summed E-state index contributed by atoms with van der Waals surface area (Å²) in [6.07, 6.45) is 80.7. The van der Waals surface area contributed by atoms with E-state index in [1.165, 1.54) is 128 Å². The van der Waals surface area contributed by atoms with Gasteiger partial charge in [-0.2, -0.15) is 0 Å². The van der Waals surface area contributed by atoms with Gasteiger partial charge in [0.05, 0.1) is 39.9 Å². The number of likely N-dealkylation sites (N-methyl/N-ethyl adjacent to an activating group) is 1. The molecule has 0 aliphatic heterocycles. The van der Waals surface area contributed by atoms with E-state index in [0.29, 0.717) is 17.4 Å². The number of aliphatic hydroxyl groups excluding tert-OH is 1. The van der Waals surface area contributed by atoms with E-state index in [1.54, 1.807) is 6.08 Å². The fourth-order valence-electron chi connectivity index (χ4n) is 8.25. The highest BCUT2D eigenvalue weighted by Gasteiger charge is 2.27. The van der Waals surface area contributed by atoms with Gasteiger partial charge < -0.3 is 19.8 Å². The SMILES string of the molecule is CC/C=C\C/C=C\C/C=C\C/C=C\C/C=C\C/C=C\CCCCCCC(=O)NC(COP(=O)(O)OCC[N+](C)(C)C)C(O)/C=C/CC/C=C/CC/C=C/CCCCCCCCCCCCCCCCCCCCC. The van der Waals surface area contributed by atoms with E-state index in [-0.39, 0.29) is 19.1 Å². The fourth-order valence-corrected chi connectivity index (χ4v) is 8.99. The summed E-state index contributed by atoms with van der Waals surface area (Å²) < 4.78 is 23.7. The molecule has 0 aromatic carbocycles. The standard InChI is InChI=1S/C65H115N2O6P/c1-6-8-10-12-14-16-18-20-22-24-26-28-30-31-32-33-34-35-37-38-40-42-44-46-48-50-52-54-56-58-64(68)63(62-73-74(70,71)72-61-60-67(3,4)5)66-65(69)59-57-55-53-51-49-47-45-43-41-39-36-29-27-25-23-21-19-17-15-13-11-9-7-2/h9,11,15,17,21,23,27,29,39-42,45,47-48,50,56,58,63-64,68H,6-8,10,12-14,16,18-20,22,24-26,28,30-38,43-44,46,49,51-55,57,59-62H2,1-5H3,(H-,66,69,70,71)/p+1/b11-9-,17-15-,23-21-,29-27-,41-39-,42-40+,47-45-,50-48+,58-56+. The number of nitrogens with zero attached hydrogens (tertiary/aromatic N) is 1. The zero-order valence-electron chi connectivity index (χ0n) is 48.5. The number of quaternary nitrogens is 1. The Kier molecular flexibility index (Phi) is 52.8. The number of carbonyl (C=O) groups is 1. The molecule has 9 heteroatoms. The molecule has 0 saturated carbocycles. The summed E-state index contributed by atoms with van der Waals surface area (Å²) >= 11 is 0. The van der Waals surface area contributed by atoms with E-state index in [9.17, 15) is 19.4 Å². The quantitative estimate of drug-likeness (QED) is 0.0243. The smallest absolute Gasteiger partial charge is 0.387 e. The van der Waals surface area contributed by atoms with Gasteiger partial charge in [-0.05, 0) is 96.3 Å². The molecule has 0 aromatic rings. The van der Waals surface area contributed by atoms with Crippen LogP contribution >= 0.6 is 7.82 Å². The van der Waals surface area contributed by atoms with Crippen molar-refractivity contribution >= 4 is 13.7 Å². The number of rotatable bonds is 54. The van der Waals surface area contributed by atoms with Gasteiger partial charge in [0.25, 0.3) is 0 Å². The largest absolute Gasteiger partial charge is 0.472 e. The Morgan fingerprint density at radius 3 is 1.24 bits per heavy atom. The summed E-state index contributed by atoms with van der Waals surface area (Å²) in [5.74, 6) is -0.218. The molecule has 3 unspecified atom stereocenters. The van der Waals surface area contributed by atoms with E-state index in [4.69, 9.17) is 9.05 Å². The Balaban J connectivity index is 4.32. The second kappa shape index (κ2) is 54.9. The highest BCUT2D eigenvalue weighted by atomic mass is 31.2. The van der Waals surface area contributed by atoms with Crippen molar-refractivity contribution in [2.75, 3.05) is 40.9 Å². The third kappa shape index (κ3) is 56.9. The molecular weight excluding hydrogens is 936 g/mol. The number of aliphatic hydroxyl groups is 1. The predicted octanol–water partition coefficient (Wildman–Crippen LogP) is 18.8. The Hall–Kier alpha value is -2.84. The van der Waals surface area contributed by atoms with Gasteiger partial charge in [-0.1, -0.05) is 252 Å². The van der Waals surface area contributed by atoms with Gasteiger partial charge in [0.15, 0.2) is 0 Å². The van der Waals surface area contributed by atoms with E-state index in [0.717, 1.165) is 96.3 Å². The van der Waals surface area contributed by atoms with Crippen LogP contribution in [-0.4, -0.2) is 73.4 Å². The lowest BCUT2D eigenvalue weighted by molar-refractivity contribution is -0.870. The molecule has 0 aromatic heterocycles. The zero-order chi connectivity index (χ0) is 54.2. The molecule has 0 rings (SSSR count). The van der Waals surface area contributed by atoms with Crippen molar-refractivity contribution < 1.29 is 32.9 Å². The number of unbranched alkanes of at least 4 members (excludes halogenated alkanes) is 25. The van der Waals surface area contributed by atoms with Crippen molar-refractivity contribution in [1.29, 1.82) is 0 Å². The maximum Gasteiger partial charge on any atom is 0.472 e. The van der Waals surface area contributed by atoms with Crippen LogP contribution < -0.4 is 5.32 Å². The first-order valence-corrected chi connectivity index (χ1v) is 31.8. The van der Waals surface area contributed by atoms with Crippen molar-refractivity contribution in [3.8, 4) is 0 Å². The number of carbonyl (C=O) groups excluding carboxylic acids is 1. The lowest BCUT2D eigenvalue weighted by Crippen LogP contribution is -2.45. The second-order valence-corrected chi connectivity index (χ2v) is 22.8. The molecule has 0 aliphatic rings. The van der Waals surface area contributed by atoms with E-state index < -0.39 is 20.0 Å². The van der Waals surface area contributed by atoms with Gasteiger partial charge >= 0.3 is 7.82 Å². The molecule has 3 atom stereocenters. The van der Waals surface area contributed by atoms with Gasteiger partial charge in [0, 0.05) is 6.42 Å². The first-order chi connectivity index (χ1) is 36.0. The minimum Gasteiger partial charge on any atom is -0.387 e. The van der Waals surface area contributed by atoms with E-state index in [2.05, 4.69) is 116 Å². The van der Waals surface area contributed by atoms with Crippen molar-refractivity contribution in [3.05, 3.63) is 109 Å². The third-order valence-electron chi connectivity index (χ3n) is 13.0. The molecule has 8 nitrogen and oxygen atoms in total. The van der Waals surface area contributed by atoms with Crippen molar-refractivity contribution in [1.82, 2.24) is 5.32 Å². The first kappa shape index (κ1) is 71.2. The Labute approximate surface area is 457 Å². The topological polar surface area (TPSA) is 105 Å². The van der Waals surface area contributed by atoms with E-state index in [1.807, 2.05) is 27.2 Å². The van der Waals surface area contributed by atoms with Crippen LogP contribution in [0.4, 0.5) is 0 Å². The maximum absolute atomic E-state index is 13.0. The summed E-state index contributed by atoms with van der Waals surface area (Å²) in [4.78, 5) is 23.3. The number of allylic oxidation sites excluding steroid dienone is 17. The monoisotopic (exact) mass is 1050 g/mol. The summed E-state index contributed by atoms with van der Waals surface area (Å²) in [7, 11) is 1.51. The number of nitrogens with one attached hydrogen (secondary N) is 1. The predicted molar refractivity (Wildman–Crippen MR) is 322 cm³/mol. The van der Waals surface area contributed by atoms with Crippen LogP contribution in [0.2, 0.25) is 0 Å². The van der Waals surface area contributed by atoms with Crippen molar-refractivity contribution in [2.24, 2.45) is 0 Å². The van der Waals surface area contributed by atoms with Gasteiger partial charge in [-0.3, -0.25) is 13.8 Å². The zero-order valence-corrected chi connectivity index (χ0v) is 49.4. The van der Waals surface area contributed by atoms with Crippen LogP contribution in [-0.2, 0) is 18.4 Å².